The number of likely N-dealkylation sites (tertiary alicyclic amines) is 1. The van der Waals surface area contributed by atoms with Gasteiger partial charge in [0.2, 0.25) is 0 Å². The van der Waals surface area contributed by atoms with E-state index in [9.17, 15) is 4.79 Å². The molecular formula is C22H23N6O2+. The highest BCUT2D eigenvalue weighted by molar-refractivity contribution is 6.14. The van der Waals surface area contributed by atoms with Crippen LogP contribution in [0.2, 0.25) is 0 Å². The summed E-state index contributed by atoms with van der Waals surface area (Å²) < 4.78 is 5.55. The Labute approximate surface area is 173 Å². The molecule has 2 unspecified atom stereocenters. The number of piperazine rings is 1. The van der Waals surface area contributed by atoms with Crippen LogP contribution < -0.4 is 10.3 Å². The zero-order valence-corrected chi connectivity index (χ0v) is 16.4. The zero-order chi connectivity index (χ0) is 20.5. The van der Waals surface area contributed by atoms with Crippen molar-refractivity contribution in [3.05, 3.63) is 54.4 Å². The van der Waals surface area contributed by atoms with E-state index in [1.165, 1.54) is 6.21 Å². The van der Waals surface area contributed by atoms with Crippen LogP contribution in [0, 0.1) is 5.41 Å². The van der Waals surface area contributed by atoms with Crippen LogP contribution in [0.5, 0.6) is 0 Å². The highest BCUT2D eigenvalue weighted by Crippen LogP contribution is 2.37. The van der Waals surface area contributed by atoms with Gasteiger partial charge in [0.15, 0.2) is 5.69 Å². The largest absolute Gasteiger partial charge is 0.464 e. The summed E-state index contributed by atoms with van der Waals surface area (Å²) in [6.07, 6.45) is 8.09. The van der Waals surface area contributed by atoms with Gasteiger partial charge in [-0.15, -0.1) is 0 Å². The van der Waals surface area contributed by atoms with Crippen LogP contribution in [0.15, 0.2) is 58.4 Å². The fourth-order valence-electron chi connectivity index (χ4n) is 4.64. The molecule has 2 saturated heterocycles. The van der Waals surface area contributed by atoms with Crippen LogP contribution in [0.3, 0.4) is 0 Å². The van der Waals surface area contributed by atoms with E-state index in [0.717, 1.165) is 41.5 Å². The molecule has 0 radical (unpaired) electrons. The Bertz CT molecular complexity index is 1110. The molecule has 3 N–H and O–H groups in total. The Hall–Kier alpha value is -3.52. The maximum absolute atomic E-state index is 13.3. The number of nitrogens with one attached hydrogen (secondary N) is 1. The second-order valence-corrected chi connectivity index (χ2v) is 7.65. The molecule has 2 aliphatic rings. The second-order valence-electron chi connectivity index (χ2n) is 7.65. The summed E-state index contributed by atoms with van der Waals surface area (Å²) in [7, 11) is 0. The summed E-state index contributed by atoms with van der Waals surface area (Å²) >= 11 is 0. The molecule has 3 aromatic rings. The van der Waals surface area contributed by atoms with Crippen molar-refractivity contribution in [3.8, 4) is 0 Å². The van der Waals surface area contributed by atoms with E-state index in [1.54, 1.807) is 17.9 Å². The number of fused-ring (bicyclic) bond motifs is 3. The third kappa shape index (κ3) is 3.15. The van der Waals surface area contributed by atoms with Crippen molar-refractivity contribution in [1.82, 2.24) is 9.88 Å². The topological polar surface area (TPSA) is 102 Å². The minimum Gasteiger partial charge on any atom is -0.464 e. The van der Waals surface area contributed by atoms with Gasteiger partial charge in [-0.05, 0) is 31.0 Å². The van der Waals surface area contributed by atoms with Crippen LogP contribution in [-0.4, -0.2) is 53.4 Å². The number of nitrogens with two attached hydrogens (primary N) is 1. The molecule has 0 aliphatic carbocycles. The Morgan fingerprint density at radius 2 is 2.00 bits per heavy atom. The minimum atomic E-state index is 0.0259. The quantitative estimate of drug-likeness (QED) is 0.295. The fourth-order valence-corrected chi connectivity index (χ4v) is 4.64. The van der Waals surface area contributed by atoms with Gasteiger partial charge in [0.25, 0.3) is 5.91 Å². The molecule has 2 aliphatic heterocycles. The molecule has 8 heteroatoms. The Kier molecular flexibility index (Phi) is 4.76. The number of benzene rings is 1. The van der Waals surface area contributed by atoms with Crippen LogP contribution in [-0.2, 0) is 0 Å². The summed E-state index contributed by atoms with van der Waals surface area (Å²) in [5.74, 6) is 0.980. The van der Waals surface area contributed by atoms with E-state index in [-0.39, 0.29) is 18.0 Å². The van der Waals surface area contributed by atoms with Crippen LogP contribution in [0.4, 0.5) is 11.5 Å². The van der Waals surface area contributed by atoms with Crippen LogP contribution >= 0.6 is 0 Å². The lowest BCUT2D eigenvalue weighted by atomic mass is 10.1. The average molecular weight is 403 g/mol. The molecule has 30 heavy (non-hydrogen) atoms. The van der Waals surface area contributed by atoms with Crippen molar-refractivity contribution < 1.29 is 14.6 Å². The van der Waals surface area contributed by atoms with Gasteiger partial charge >= 0.3 is 0 Å². The molecule has 1 aromatic carbocycles. The summed E-state index contributed by atoms with van der Waals surface area (Å²) in [5.41, 5.74) is 3.88. The first-order chi connectivity index (χ1) is 14.8. The number of rotatable bonds is 5. The minimum absolute atomic E-state index is 0.0259. The molecule has 8 nitrogen and oxygen atoms in total. The number of aromatic nitrogens is 1. The number of anilines is 1. The van der Waals surface area contributed by atoms with Crippen molar-refractivity contribution in [2.24, 2.45) is 5.10 Å². The monoisotopic (exact) mass is 403 g/mol. The van der Waals surface area contributed by atoms with Gasteiger partial charge in [0, 0.05) is 43.7 Å². The smallest absolute Gasteiger partial charge is 0.260 e. The Balaban J connectivity index is 1.39. The third-order valence-corrected chi connectivity index (χ3v) is 5.94. The first kappa shape index (κ1) is 18.5. The SMILES string of the molecule is N=C/C=N\[NH2+]c1ccccc1C(=O)N1CC2CCC(C1)N2c1nccc2occc12. The van der Waals surface area contributed by atoms with Gasteiger partial charge in [0.05, 0.1) is 11.6 Å². The molecule has 2 atom stereocenters. The number of hydrogen-bond acceptors (Lipinski definition) is 6. The van der Waals surface area contributed by atoms with Crippen molar-refractivity contribution >= 4 is 40.8 Å². The van der Waals surface area contributed by atoms with Crippen molar-refractivity contribution in [2.45, 2.75) is 24.9 Å². The van der Waals surface area contributed by atoms with Crippen LogP contribution in [0.25, 0.3) is 11.0 Å². The number of hydrogen-bond donors (Lipinski definition) is 2. The molecule has 2 aromatic heterocycles. The molecule has 4 heterocycles. The van der Waals surface area contributed by atoms with Crippen molar-refractivity contribution in [2.75, 3.05) is 18.0 Å². The van der Waals surface area contributed by atoms with E-state index in [0.29, 0.717) is 18.7 Å². The molecule has 2 fully saturated rings. The molecular weight excluding hydrogens is 380 g/mol. The number of carbonyl (C=O) groups is 1. The lowest BCUT2D eigenvalue weighted by Gasteiger charge is -2.42. The summed E-state index contributed by atoms with van der Waals surface area (Å²) in [4.78, 5) is 22.3. The molecule has 0 saturated carbocycles. The van der Waals surface area contributed by atoms with Gasteiger partial charge in [-0.2, -0.15) is 5.43 Å². The third-order valence-electron chi connectivity index (χ3n) is 5.94. The van der Waals surface area contributed by atoms with E-state index in [4.69, 9.17) is 9.83 Å². The number of pyridine rings is 1. The molecule has 5 rings (SSSR count). The predicted molar refractivity (Wildman–Crippen MR) is 115 cm³/mol. The molecule has 0 spiro atoms. The normalized spacial score (nSPS) is 20.9. The Morgan fingerprint density at radius 1 is 1.20 bits per heavy atom. The maximum Gasteiger partial charge on any atom is 0.260 e. The predicted octanol–water partition coefficient (Wildman–Crippen LogP) is 2.15. The average Bonchev–Trinajstić information content (AvgIpc) is 3.35. The zero-order valence-electron chi connectivity index (χ0n) is 16.4. The highest BCUT2D eigenvalue weighted by Gasteiger charge is 2.43. The summed E-state index contributed by atoms with van der Waals surface area (Å²) in [6.45, 7) is 1.34. The van der Waals surface area contributed by atoms with Gasteiger partial charge in [0.1, 0.15) is 23.2 Å². The van der Waals surface area contributed by atoms with Crippen molar-refractivity contribution in [1.29, 1.82) is 5.41 Å². The number of nitrogens with zero attached hydrogens (tertiary/aromatic N) is 4. The lowest BCUT2D eigenvalue weighted by Crippen LogP contribution is -2.72. The number of carbonyl (C=O) groups excluding carboxylic acids is 1. The number of furan rings is 1. The van der Waals surface area contributed by atoms with Gasteiger partial charge in [-0.1, -0.05) is 17.2 Å². The lowest BCUT2D eigenvalue weighted by molar-refractivity contribution is -0.577. The second kappa shape index (κ2) is 7.72. The molecule has 2 bridgehead atoms. The first-order valence-electron chi connectivity index (χ1n) is 10.1. The van der Waals surface area contributed by atoms with Gasteiger partial charge < -0.3 is 19.6 Å². The van der Waals surface area contributed by atoms with Crippen LogP contribution in [0.1, 0.15) is 23.2 Å². The summed E-state index contributed by atoms with van der Waals surface area (Å²) in [5, 5.41) is 12.2. The molecule has 1 amide bonds. The van der Waals surface area contributed by atoms with E-state index >= 15 is 0 Å². The van der Waals surface area contributed by atoms with E-state index < -0.39 is 0 Å². The highest BCUT2D eigenvalue weighted by atomic mass is 16.3. The standard InChI is InChI=1S/C22H22N6O2/c23-9-11-25-26-19-4-2-1-3-17(19)22(29)27-13-15-5-6-16(14-27)28(15)21-18-8-12-30-20(18)7-10-24-21/h1-4,7-12,15-16,23,26H,5-6,13-14H2/p+1/b23-9?,25-11-. The first-order valence-corrected chi connectivity index (χ1v) is 10.1. The Morgan fingerprint density at radius 3 is 2.80 bits per heavy atom. The summed E-state index contributed by atoms with van der Waals surface area (Å²) in [6, 6.07) is 11.8. The number of amides is 1. The van der Waals surface area contributed by atoms with Crippen molar-refractivity contribution in [3.63, 3.8) is 0 Å². The van der Waals surface area contributed by atoms with Gasteiger partial charge in [-0.3, -0.25) is 4.79 Å². The van der Waals surface area contributed by atoms with Gasteiger partial charge in [-0.25, -0.2) is 4.98 Å². The fraction of sp³-hybridized carbons (Fsp3) is 0.273. The molecule has 152 valence electrons. The maximum atomic E-state index is 13.3. The number of quaternary nitrogens is 1. The van der Waals surface area contributed by atoms with E-state index in [1.807, 2.05) is 41.3 Å². The van der Waals surface area contributed by atoms with E-state index in [2.05, 4.69) is 15.0 Å².